The molecule has 10 heteroatoms. The van der Waals surface area contributed by atoms with Crippen molar-refractivity contribution in [2.75, 3.05) is 24.0 Å². The number of nitrogens with two attached hydrogens (primary N) is 1. The van der Waals surface area contributed by atoms with E-state index in [4.69, 9.17) is 10.8 Å². The van der Waals surface area contributed by atoms with Crippen molar-refractivity contribution in [2.45, 2.75) is 44.0 Å². The lowest BCUT2D eigenvalue weighted by atomic mass is 10.1. The van der Waals surface area contributed by atoms with Crippen molar-refractivity contribution in [2.24, 2.45) is 5.73 Å². The summed E-state index contributed by atoms with van der Waals surface area (Å²) in [6.45, 7) is 1.34. The molecule has 0 aromatic carbocycles. The first kappa shape index (κ1) is 23.0. The lowest BCUT2D eigenvalue weighted by molar-refractivity contribution is -0.143. The maximum absolute atomic E-state index is 12.2. The van der Waals surface area contributed by atoms with Crippen LogP contribution in [0.2, 0.25) is 0 Å². The summed E-state index contributed by atoms with van der Waals surface area (Å²) in [6.07, 6.45) is 3.21. The van der Waals surface area contributed by atoms with Gasteiger partial charge in [0.25, 0.3) is 0 Å². The number of carboxylic acid groups (broad SMARTS) is 1. The summed E-state index contributed by atoms with van der Waals surface area (Å²) in [7, 11) is 0. The summed E-state index contributed by atoms with van der Waals surface area (Å²) < 4.78 is 0. The topological polar surface area (TPSA) is 142 Å². The van der Waals surface area contributed by atoms with Crippen molar-refractivity contribution < 1.29 is 24.6 Å². The number of rotatable bonds is 12. The molecule has 0 aliphatic carbocycles. The molecule has 0 saturated carbocycles. The Hall–Kier alpha value is -0.970. The first-order valence-corrected chi connectivity index (χ1v) is 10.3. The zero-order valence-electron chi connectivity index (χ0n) is 14.2. The van der Waals surface area contributed by atoms with Crippen molar-refractivity contribution in [1.29, 1.82) is 0 Å². The van der Waals surface area contributed by atoms with Gasteiger partial charge in [0.2, 0.25) is 11.8 Å². The zero-order valence-corrected chi connectivity index (χ0v) is 15.8. The highest BCUT2D eigenvalue weighted by Crippen LogP contribution is 2.04. The van der Waals surface area contributed by atoms with Gasteiger partial charge in [-0.25, -0.2) is 4.79 Å². The number of carbonyl (C=O) groups excluding carboxylic acids is 2. The lowest BCUT2D eigenvalue weighted by Crippen LogP contribution is -2.58. The van der Waals surface area contributed by atoms with Gasteiger partial charge in [-0.3, -0.25) is 9.59 Å². The van der Waals surface area contributed by atoms with Crippen LogP contribution in [0, 0.1) is 0 Å². The van der Waals surface area contributed by atoms with E-state index in [0.717, 1.165) is 0 Å². The van der Waals surface area contributed by atoms with E-state index in [1.165, 1.54) is 18.7 Å². The van der Waals surface area contributed by atoms with Crippen LogP contribution in [0.15, 0.2) is 0 Å². The molecular weight excluding hydrogens is 354 g/mol. The molecule has 0 bridgehead atoms. The monoisotopic (exact) mass is 381 g/mol. The van der Waals surface area contributed by atoms with E-state index in [1.807, 2.05) is 12.5 Å². The van der Waals surface area contributed by atoms with E-state index in [1.54, 1.807) is 11.8 Å². The van der Waals surface area contributed by atoms with Crippen LogP contribution >= 0.6 is 23.5 Å². The number of nitrogens with one attached hydrogen (secondary N) is 2. The average molecular weight is 382 g/mol. The number of carbonyl (C=O) groups is 3. The Morgan fingerprint density at radius 3 is 2.04 bits per heavy atom. The SMILES string of the molecule is CSCC[C@H](NC(=O)[C@@H](NC(=O)[C@@H](N)CCSC)[C@@H](C)O)C(=O)O. The minimum Gasteiger partial charge on any atom is -0.480 e. The number of thioether (sulfide) groups is 2. The number of aliphatic carboxylic acids is 1. The molecule has 8 nitrogen and oxygen atoms in total. The fourth-order valence-electron chi connectivity index (χ4n) is 1.80. The Morgan fingerprint density at radius 2 is 1.58 bits per heavy atom. The molecule has 0 fully saturated rings. The average Bonchev–Trinajstić information content (AvgIpc) is 2.52. The van der Waals surface area contributed by atoms with Gasteiger partial charge in [-0.2, -0.15) is 23.5 Å². The standard InChI is InChI=1S/C14H27N3O5S2/c1-8(18)11(17-12(19)9(15)4-6-23-2)13(20)16-10(14(21)22)5-7-24-3/h8-11,18H,4-7,15H2,1-3H3,(H,16,20)(H,17,19)(H,21,22)/t8-,9+,10+,11+/m1/s1. The highest BCUT2D eigenvalue weighted by atomic mass is 32.2. The van der Waals surface area contributed by atoms with E-state index in [9.17, 15) is 19.5 Å². The maximum atomic E-state index is 12.2. The molecule has 4 atom stereocenters. The molecular formula is C14H27N3O5S2. The van der Waals surface area contributed by atoms with Gasteiger partial charge in [-0.1, -0.05) is 0 Å². The highest BCUT2D eigenvalue weighted by Gasteiger charge is 2.30. The summed E-state index contributed by atoms with van der Waals surface area (Å²) in [6, 6.07) is -3.12. The summed E-state index contributed by atoms with van der Waals surface area (Å²) in [5.74, 6) is -1.21. The van der Waals surface area contributed by atoms with Gasteiger partial charge in [0.1, 0.15) is 12.1 Å². The van der Waals surface area contributed by atoms with Crippen LogP contribution in [0.25, 0.3) is 0 Å². The normalized spacial score (nSPS) is 15.9. The van der Waals surface area contributed by atoms with E-state index in [0.29, 0.717) is 17.9 Å². The first-order valence-electron chi connectivity index (χ1n) is 7.49. The van der Waals surface area contributed by atoms with Crippen LogP contribution in [-0.2, 0) is 14.4 Å². The Balaban J connectivity index is 4.81. The zero-order chi connectivity index (χ0) is 18.7. The van der Waals surface area contributed by atoms with E-state index in [-0.39, 0.29) is 6.42 Å². The fourth-order valence-corrected chi connectivity index (χ4v) is 2.76. The van der Waals surface area contributed by atoms with Gasteiger partial charge in [-0.05, 0) is 43.8 Å². The Labute approximate surface area is 150 Å². The van der Waals surface area contributed by atoms with Crippen molar-refractivity contribution in [3.63, 3.8) is 0 Å². The third-order valence-corrected chi connectivity index (χ3v) is 4.55. The maximum Gasteiger partial charge on any atom is 0.326 e. The van der Waals surface area contributed by atoms with Gasteiger partial charge in [0, 0.05) is 0 Å². The quantitative estimate of drug-likeness (QED) is 0.297. The van der Waals surface area contributed by atoms with Crippen LogP contribution in [0.1, 0.15) is 19.8 Å². The largest absolute Gasteiger partial charge is 0.480 e. The Morgan fingerprint density at radius 1 is 1.04 bits per heavy atom. The molecule has 0 radical (unpaired) electrons. The second-order valence-electron chi connectivity index (χ2n) is 5.30. The predicted octanol–water partition coefficient (Wildman–Crippen LogP) is -0.745. The highest BCUT2D eigenvalue weighted by molar-refractivity contribution is 7.98. The molecule has 24 heavy (non-hydrogen) atoms. The number of hydrogen-bond acceptors (Lipinski definition) is 7. The van der Waals surface area contributed by atoms with Crippen molar-refractivity contribution in [3.8, 4) is 0 Å². The molecule has 0 rings (SSSR count). The van der Waals surface area contributed by atoms with Gasteiger partial charge >= 0.3 is 5.97 Å². The van der Waals surface area contributed by atoms with Gasteiger partial charge in [-0.15, -0.1) is 0 Å². The van der Waals surface area contributed by atoms with Crippen molar-refractivity contribution in [1.82, 2.24) is 10.6 Å². The minimum atomic E-state index is -1.26. The molecule has 0 spiro atoms. The number of aliphatic hydroxyl groups excluding tert-OH is 1. The molecule has 0 heterocycles. The number of aliphatic hydroxyl groups is 1. The Bertz CT molecular complexity index is 423. The number of carboxylic acids is 1. The van der Waals surface area contributed by atoms with E-state index < -0.39 is 42.0 Å². The molecule has 0 aliphatic heterocycles. The summed E-state index contributed by atoms with van der Waals surface area (Å²) in [4.78, 5) is 35.4. The molecule has 2 amide bonds. The summed E-state index contributed by atoms with van der Waals surface area (Å²) in [5.41, 5.74) is 5.73. The molecule has 0 aromatic heterocycles. The van der Waals surface area contributed by atoms with Gasteiger partial charge in [0.05, 0.1) is 12.1 Å². The molecule has 140 valence electrons. The van der Waals surface area contributed by atoms with Crippen molar-refractivity contribution >= 4 is 41.3 Å². The fraction of sp³-hybridized carbons (Fsp3) is 0.786. The number of amides is 2. The first-order chi connectivity index (χ1) is 11.2. The van der Waals surface area contributed by atoms with E-state index >= 15 is 0 Å². The summed E-state index contributed by atoms with van der Waals surface area (Å²) >= 11 is 3.00. The van der Waals surface area contributed by atoms with Crippen LogP contribution in [0.5, 0.6) is 0 Å². The van der Waals surface area contributed by atoms with E-state index in [2.05, 4.69) is 10.6 Å². The molecule has 0 saturated heterocycles. The summed E-state index contributed by atoms with van der Waals surface area (Å²) in [5, 5.41) is 23.6. The third kappa shape index (κ3) is 8.76. The van der Waals surface area contributed by atoms with Crippen LogP contribution in [0.3, 0.4) is 0 Å². The third-order valence-electron chi connectivity index (χ3n) is 3.26. The number of hydrogen-bond donors (Lipinski definition) is 5. The Kier molecular flexibility index (Phi) is 11.9. The van der Waals surface area contributed by atoms with Crippen LogP contribution < -0.4 is 16.4 Å². The van der Waals surface area contributed by atoms with Gasteiger partial charge < -0.3 is 26.6 Å². The second kappa shape index (κ2) is 12.4. The van der Waals surface area contributed by atoms with Crippen LogP contribution in [0.4, 0.5) is 0 Å². The second-order valence-corrected chi connectivity index (χ2v) is 7.27. The predicted molar refractivity (Wildman–Crippen MR) is 97.2 cm³/mol. The molecule has 6 N–H and O–H groups in total. The molecule has 0 aromatic rings. The van der Waals surface area contributed by atoms with Crippen LogP contribution in [-0.4, -0.2) is 76.2 Å². The van der Waals surface area contributed by atoms with Gasteiger partial charge in [0.15, 0.2) is 0 Å². The van der Waals surface area contributed by atoms with Crippen molar-refractivity contribution in [3.05, 3.63) is 0 Å². The molecule has 0 unspecified atom stereocenters. The minimum absolute atomic E-state index is 0.246. The lowest BCUT2D eigenvalue weighted by Gasteiger charge is -2.24. The smallest absolute Gasteiger partial charge is 0.326 e. The molecule has 0 aliphatic rings.